The minimum Gasteiger partial charge on any atom is -0.383 e. The average molecular weight is 240 g/mol. The van der Waals surface area contributed by atoms with Crippen LogP contribution in [0.2, 0.25) is 0 Å². The number of aromatic nitrogens is 2. The Balaban J connectivity index is 2.28. The van der Waals surface area contributed by atoms with E-state index < -0.39 is 0 Å². The van der Waals surface area contributed by atoms with Crippen molar-refractivity contribution in [3.05, 3.63) is 11.8 Å². The number of amides is 1. The zero-order valence-corrected chi connectivity index (χ0v) is 10.6. The zero-order valence-electron chi connectivity index (χ0n) is 10.6. The maximum absolute atomic E-state index is 11.7. The van der Waals surface area contributed by atoms with Crippen molar-refractivity contribution in [3.8, 4) is 0 Å². The molecule has 1 heterocycles. The molecular weight excluding hydrogens is 220 g/mol. The standard InChI is InChI=1S/C11H20N4O2/c1-8(2)17-6-4-5-13-11(16)9-7-14-15(3)10(9)12/h7-8H,4-6,12H2,1-3H3,(H,13,16). The minimum absolute atomic E-state index is 0.194. The summed E-state index contributed by atoms with van der Waals surface area (Å²) in [4.78, 5) is 11.7. The number of hydrogen-bond donors (Lipinski definition) is 2. The van der Waals surface area contributed by atoms with Crippen molar-refractivity contribution < 1.29 is 9.53 Å². The number of nitrogen functional groups attached to an aromatic ring is 1. The smallest absolute Gasteiger partial charge is 0.256 e. The third-order valence-corrected chi connectivity index (χ3v) is 2.29. The third kappa shape index (κ3) is 4.07. The number of ether oxygens (including phenoxy) is 1. The SMILES string of the molecule is CC(C)OCCCNC(=O)c1cnn(C)c1N. The number of nitrogens with two attached hydrogens (primary N) is 1. The molecule has 1 aromatic heterocycles. The summed E-state index contributed by atoms with van der Waals surface area (Å²) >= 11 is 0. The fourth-order valence-corrected chi connectivity index (χ4v) is 1.31. The fourth-order valence-electron chi connectivity index (χ4n) is 1.31. The molecule has 0 fully saturated rings. The van der Waals surface area contributed by atoms with Crippen LogP contribution in [0, 0.1) is 0 Å². The number of nitrogens with one attached hydrogen (secondary N) is 1. The highest BCUT2D eigenvalue weighted by Gasteiger charge is 2.12. The van der Waals surface area contributed by atoms with E-state index in [1.54, 1.807) is 7.05 Å². The highest BCUT2D eigenvalue weighted by molar-refractivity contribution is 5.98. The number of nitrogens with zero attached hydrogens (tertiary/aromatic N) is 2. The summed E-state index contributed by atoms with van der Waals surface area (Å²) in [7, 11) is 1.70. The van der Waals surface area contributed by atoms with Gasteiger partial charge in [0.1, 0.15) is 11.4 Å². The molecule has 0 bridgehead atoms. The van der Waals surface area contributed by atoms with Crippen LogP contribution < -0.4 is 11.1 Å². The first kappa shape index (κ1) is 13.5. The van der Waals surface area contributed by atoms with E-state index in [0.717, 1.165) is 6.42 Å². The topological polar surface area (TPSA) is 82.2 Å². The molecule has 0 saturated carbocycles. The Labute approximate surface area is 101 Å². The predicted octanol–water partition coefficient (Wildman–Crippen LogP) is 0.547. The molecule has 0 spiro atoms. The highest BCUT2D eigenvalue weighted by atomic mass is 16.5. The second kappa shape index (κ2) is 6.24. The van der Waals surface area contributed by atoms with Crippen molar-refractivity contribution >= 4 is 11.7 Å². The fraction of sp³-hybridized carbons (Fsp3) is 0.636. The van der Waals surface area contributed by atoms with Gasteiger partial charge in [-0.25, -0.2) is 0 Å². The summed E-state index contributed by atoms with van der Waals surface area (Å²) in [6, 6.07) is 0. The number of carbonyl (C=O) groups excluding carboxylic acids is 1. The van der Waals surface area contributed by atoms with Gasteiger partial charge in [-0.3, -0.25) is 9.48 Å². The van der Waals surface area contributed by atoms with Crippen molar-refractivity contribution in [2.75, 3.05) is 18.9 Å². The number of carbonyl (C=O) groups is 1. The van der Waals surface area contributed by atoms with Crippen LogP contribution in [0.5, 0.6) is 0 Å². The van der Waals surface area contributed by atoms with Gasteiger partial charge in [0, 0.05) is 20.2 Å². The predicted molar refractivity (Wildman–Crippen MR) is 65.7 cm³/mol. The van der Waals surface area contributed by atoms with Crippen LogP contribution in [0.15, 0.2) is 6.20 Å². The first-order valence-electron chi connectivity index (χ1n) is 5.69. The largest absolute Gasteiger partial charge is 0.383 e. The molecule has 0 saturated heterocycles. The van der Waals surface area contributed by atoms with Gasteiger partial charge in [0.2, 0.25) is 0 Å². The quantitative estimate of drug-likeness (QED) is 0.711. The van der Waals surface area contributed by atoms with Gasteiger partial charge >= 0.3 is 0 Å². The Hall–Kier alpha value is -1.56. The van der Waals surface area contributed by atoms with Crippen LogP contribution in [-0.4, -0.2) is 34.9 Å². The number of aryl methyl sites for hydroxylation is 1. The number of hydrogen-bond acceptors (Lipinski definition) is 4. The van der Waals surface area contributed by atoms with E-state index in [0.29, 0.717) is 24.5 Å². The van der Waals surface area contributed by atoms with Crippen LogP contribution in [0.1, 0.15) is 30.6 Å². The lowest BCUT2D eigenvalue weighted by molar-refractivity contribution is 0.0757. The van der Waals surface area contributed by atoms with Crippen molar-refractivity contribution in [2.45, 2.75) is 26.4 Å². The van der Waals surface area contributed by atoms with Crippen LogP contribution in [0.25, 0.3) is 0 Å². The molecular formula is C11H20N4O2. The summed E-state index contributed by atoms with van der Waals surface area (Å²) in [6.07, 6.45) is 2.47. The van der Waals surface area contributed by atoms with Gasteiger partial charge in [-0.1, -0.05) is 0 Å². The first-order valence-corrected chi connectivity index (χ1v) is 5.69. The molecule has 3 N–H and O–H groups in total. The van der Waals surface area contributed by atoms with Gasteiger partial charge < -0.3 is 15.8 Å². The molecule has 0 unspecified atom stereocenters. The maximum Gasteiger partial charge on any atom is 0.256 e. The highest BCUT2D eigenvalue weighted by Crippen LogP contribution is 2.08. The van der Waals surface area contributed by atoms with E-state index in [2.05, 4.69) is 10.4 Å². The lowest BCUT2D eigenvalue weighted by atomic mass is 10.3. The normalized spacial score (nSPS) is 10.8. The summed E-state index contributed by atoms with van der Waals surface area (Å²) in [5.74, 6) is 0.182. The second-order valence-corrected chi connectivity index (χ2v) is 4.10. The van der Waals surface area contributed by atoms with Gasteiger partial charge in [-0.05, 0) is 20.3 Å². The summed E-state index contributed by atoms with van der Waals surface area (Å²) in [5.41, 5.74) is 6.10. The Kier molecular flexibility index (Phi) is 4.96. The second-order valence-electron chi connectivity index (χ2n) is 4.10. The summed E-state index contributed by atoms with van der Waals surface area (Å²) < 4.78 is 6.83. The Morgan fingerprint density at radius 1 is 1.65 bits per heavy atom. The lowest BCUT2D eigenvalue weighted by Gasteiger charge is -2.08. The van der Waals surface area contributed by atoms with E-state index in [4.69, 9.17) is 10.5 Å². The van der Waals surface area contributed by atoms with Crippen molar-refractivity contribution in [1.82, 2.24) is 15.1 Å². The van der Waals surface area contributed by atoms with Crippen molar-refractivity contribution in [1.29, 1.82) is 0 Å². The zero-order chi connectivity index (χ0) is 12.8. The van der Waals surface area contributed by atoms with E-state index in [1.807, 2.05) is 13.8 Å². The molecule has 1 aromatic rings. The molecule has 6 heteroatoms. The monoisotopic (exact) mass is 240 g/mol. The molecule has 0 aromatic carbocycles. The molecule has 0 aliphatic rings. The van der Waals surface area contributed by atoms with Crippen LogP contribution in [0.3, 0.4) is 0 Å². The molecule has 1 rings (SSSR count). The molecule has 0 aliphatic heterocycles. The summed E-state index contributed by atoms with van der Waals surface area (Å²) in [5, 5.41) is 6.69. The molecule has 6 nitrogen and oxygen atoms in total. The molecule has 96 valence electrons. The molecule has 0 atom stereocenters. The molecule has 0 radical (unpaired) electrons. The molecule has 0 aliphatic carbocycles. The van der Waals surface area contributed by atoms with E-state index in [-0.39, 0.29) is 12.0 Å². The van der Waals surface area contributed by atoms with E-state index >= 15 is 0 Å². The van der Waals surface area contributed by atoms with Gasteiger partial charge in [0.05, 0.1) is 12.3 Å². The first-order chi connectivity index (χ1) is 8.02. The minimum atomic E-state index is -0.194. The number of anilines is 1. The maximum atomic E-state index is 11.7. The van der Waals surface area contributed by atoms with Gasteiger partial charge in [-0.15, -0.1) is 0 Å². The molecule has 1 amide bonds. The van der Waals surface area contributed by atoms with Gasteiger partial charge in [0.15, 0.2) is 0 Å². The average Bonchev–Trinajstić information content (AvgIpc) is 2.59. The number of rotatable bonds is 6. The third-order valence-electron chi connectivity index (χ3n) is 2.29. The van der Waals surface area contributed by atoms with E-state index in [1.165, 1.54) is 10.9 Å². The van der Waals surface area contributed by atoms with E-state index in [9.17, 15) is 4.79 Å². The van der Waals surface area contributed by atoms with Crippen LogP contribution in [-0.2, 0) is 11.8 Å². The Morgan fingerprint density at radius 3 is 2.88 bits per heavy atom. The van der Waals surface area contributed by atoms with Gasteiger partial charge in [-0.2, -0.15) is 5.10 Å². The summed E-state index contributed by atoms with van der Waals surface area (Å²) in [6.45, 7) is 5.17. The lowest BCUT2D eigenvalue weighted by Crippen LogP contribution is -2.26. The Bertz CT molecular complexity index is 374. The van der Waals surface area contributed by atoms with Crippen molar-refractivity contribution in [3.63, 3.8) is 0 Å². The van der Waals surface area contributed by atoms with Crippen LogP contribution >= 0.6 is 0 Å². The Morgan fingerprint density at radius 2 is 2.35 bits per heavy atom. The van der Waals surface area contributed by atoms with Crippen molar-refractivity contribution in [2.24, 2.45) is 7.05 Å². The van der Waals surface area contributed by atoms with Gasteiger partial charge in [0.25, 0.3) is 5.91 Å². The molecule has 17 heavy (non-hydrogen) atoms. The van der Waals surface area contributed by atoms with Crippen LogP contribution in [0.4, 0.5) is 5.82 Å².